The number of benzene rings is 2. The number of anilines is 1. The molecule has 2 aromatic carbocycles. The average Bonchev–Trinajstić information content (AvgIpc) is 2.62. The third kappa shape index (κ3) is 4.50. The van der Waals surface area contributed by atoms with Crippen LogP contribution < -0.4 is 10.1 Å². The summed E-state index contributed by atoms with van der Waals surface area (Å²) in [6, 6.07) is 12.8. The van der Waals surface area contributed by atoms with Gasteiger partial charge >= 0.3 is 0 Å². The maximum atomic E-state index is 10.4. The molecule has 26 heavy (non-hydrogen) atoms. The summed E-state index contributed by atoms with van der Waals surface area (Å²) in [6.07, 6.45) is 2.34. The monoisotopic (exact) mass is 354 g/mol. The minimum Gasteiger partial charge on any atom is -0.504 e. The van der Waals surface area contributed by atoms with Gasteiger partial charge in [-0.3, -0.25) is 4.90 Å². The molecule has 1 heterocycles. The van der Waals surface area contributed by atoms with E-state index in [1.54, 1.807) is 0 Å². The van der Waals surface area contributed by atoms with E-state index in [9.17, 15) is 5.11 Å². The highest BCUT2D eigenvalue weighted by molar-refractivity contribution is 5.49. The Hall–Kier alpha value is -2.20. The molecular weight excluding hydrogens is 324 g/mol. The van der Waals surface area contributed by atoms with Crippen LogP contribution in [-0.2, 0) is 6.54 Å². The van der Waals surface area contributed by atoms with Crippen LogP contribution in [0.1, 0.15) is 36.5 Å². The standard InChI is InChI=1S/C22H30N2O2/c1-4-26-21-9-5-7-18(22(21)25)14-24-12-6-8-20(15-24)23-19-11-10-16(2)17(3)13-19/h5,7,9-11,13,20,23,25H,4,6,8,12,14-15H2,1-3H3/t20-/m0/s1. The Balaban J connectivity index is 1.63. The minimum atomic E-state index is 0.276. The lowest BCUT2D eigenvalue weighted by atomic mass is 10.0. The third-order valence-corrected chi connectivity index (χ3v) is 5.16. The number of hydrogen-bond donors (Lipinski definition) is 2. The zero-order valence-electron chi connectivity index (χ0n) is 16.1. The molecule has 4 heteroatoms. The highest BCUT2D eigenvalue weighted by atomic mass is 16.5. The Morgan fingerprint density at radius 2 is 2.04 bits per heavy atom. The molecule has 2 aromatic rings. The highest BCUT2D eigenvalue weighted by Crippen LogP contribution is 2.31. The zero-order chi connectivity index (χ0) is 18.5. The van der Waals surface area contributed by atoms with Gasteiger partial charge in [0.05, 0.1) is 6.61 Å². The Bertz CT molecular complexity index is 745. The van der Waals surface area contributed by atoms with Crippen LogP contribution in [0, 0.1) is 13.8 Å². The first-order valence-electron chi connectivity index (χ1n) is 9.56. The average molecular weight is 354 g/mol. The molecule has 0 bridgehead atoms. The van der Waals surface area contributed by atoms with Crippen LogP contribution in [0.3, 0.4) is 0 Å². The van der Waals surface area contributed by atoms with Crippen LogP contribution >= 0.6 is 0 Å². The van der Waals surface area contributed by atoms with Crippen LogP contribution in [0.4, 0.5) is 5.69 Å². The van der Waals surface area contributed by atoms with Crippen molar-refractivity contribution in [2.75, 3.05) is 25.0 Å². The first kappa shape index (κ1) is 18.6. The number of hydrogen-bond acceptors (Lipinski definition) is 4. The van der Waals surface area contributed by atoms with E-state index in [0.29, 0.717) is 18.4 Å². The molecule has 0 amide bonds. The Labute approximate surface area is 156 Å². The minimum absolute atomic E-state index is 0.276. The van der Waals surface area contributed by atoms with E-state index in [2.05, 4.69) is 42.3 Å². The molecular formula is C22H30N2O2. The fourth-order valence-corrected chi connectivity index (χ4v) is 3.59. The number of nitrogens with one attached hydrogen (secondary N) is 1. The van der Waals surface area contributed by atoms with Gasteiger partial charge in [0.25, 0.3) is 0 Å². The van der Waals surface area contributed by atoms with Gasteiger partial charge in [-0.05, 0) is 69.5 Å². The number of piperidine rings is 1. The topological polar surface area (TPSA) is 44.7 Å². The summed E-state index contributed by atoms with van der Waals surface area (Å²) in [5.74, 6) is 0.852. The quantitative estimate of drug-likeness (QED) is 0.802. The molecule has 0 unspecified atom stereocenters. The normalized spacial score (nSPS) is 17.9. The van der Waals surface area contributed by atoms with Gasteiger partial charge in [0.1, 0.15) is 0 Å². The van der Waals surface area contributed by atoms with Crippen LogP contribution in [0.5, 0.6) is 11.5 Å². The lowest BCUT2D eigenvalue weighted by Gasteiger charge is -2.34. The molecule has 1 atom stereocenters. The zero-order valence-corrected chi connectivity index (χ0v) is 16.1. The first-order chi connectivity index (χ1) is 12.6. The molecule has 0 aromatic heterocycles. The summed E-state index contributed by atoms with van der Waals surface area (Å²) in [5, 5.41) is 14.1. The molecule has 140 valence electrons. The smallest absolute Gasteiger partial charge is 0.162 e. The summed E-state index contributed by atoms with van der Waals surface area (Å²) in [7, 11) is 0. The molecule has 3 rings (SSSR count). The van der Waals surface area contributed by atoms with Crippen LogP contribution in [0.2, 0.25) is 0 Å². The Kier molecular flexibility index (Phi) is 6.04. The highest BCUT2D eigenvalue weighted by Gasteiger charge is 2.21. The van der Waals surface area contributed by atoms with Gasteiger partial charge < -0.3 is 15.2 Å². The third-order valence-electron chi connectivity index (χ3n) is 5.16. The largest absolute Gasteiger partial charge is 0.504 e. The maximum Gasteiger partial charge on any atom is 0.162 e. The lowest BCUT2D eigenvalue weighted by Crippen LogP contribution is -2.41. The number of rotatable bonds is 6. The molecule has 2 N–H and O–H groups in total. The van der Waals surface area contributed by atoms with Gasteiger partial charge in [-0.15, -0.1) is 0 Å². The fourth-order valence-electron chi connectivity index (χ4n) is 3.59. The summed E-state index contributed by atoms with van der Waals surface area (Å²) >= 11 is 0. The van der Waals surface area contributed by atoms with Gasteiger partial charge in [-0.1, -0.05) is 18.2 Å². The van der Waals surface area contributed by atoms with Crippen LogP contribution in [-0.4, -0.2) is 35.7 Å². The van der Waals surface area contributed by atoms with Crippen molar-refractivity contribution in [2.24, 2.45) is 0 Å². The van der Waals surface area contributed by atoms with E-state index in [1.807, 2.05) is 25.1 Å². The van der Waals surface area contributed by atoms with Crippen molar-refractivity contribution in [3.05, 3.63) is 53.1 Å². The molecule has 0 radical (unpaired) electrons. The van der Waals surface area contributed by atoms with Gasteiger partial charge in [0, 0.05) is 30.4 Å². The van der Waals surface area contributed by atoms with E-state index in [0.717, 1.165) is 31.6 Å². The van der Waals surface area contributed by atoms with Crippen molar-refractivity contribution >= 4 is 5.69 Å². The molecule has 1 aliphatic heterocycles. The number of ether oxygens (including phenoxy) is 1. The molecule has 1 saturated heterocycles. The number of aromatic hydroxyl groups is 1. The molecule has 4 nitrogen and oxygen atoms in total. The summed E-state index contributed by atoms with van der Waals surface area (Å²) in [6.45, 7) is 9.57. The van der Waals surface area contributed by atoms with E-state index in [4.69, 9.17) is 4.74 Å². The van der Waals surface area contributed by atoms with Crippen LogP contribution in [0.25, 0.3) is 0 Å². The van der Waals surface area contributed by atoms with Gasteiger partial charge in [-0.25, -0.2) is 0 Å². The second-order valence-electron chi connectivity index (χ2n) is 7.21. The lowest BCUT2D eigenvalue weighted by molar-refractivity contribution is 0.205. The van der Waals surface area contributed by atoms with Crippen molar-refractivity contribution in [3.8, 4) is 11.5 Å². The molecule has 1 fully saturated rings. The number of phenolic OH excluding ortho intramolecular Hbond substituents is 1. The first-order valence-corrected chi connectivity index (χ1v) is 9.56. The molecule has 0 aliphatic carbocycles. The van der Waals surface area contributed by atoms with E-state index in [1.165, 1.54) is 23.2 Å². The van der Waals surface area contributed by atoms with Crippen molar-refractivity contribution in [1.29, 1.82) is 0 Å². The van der Waals surface area contributed by atoms with Crippen molar-refractivity contribution in [1.82, 2.24) is 4.90 Å². The van der Waals surface area contributed by atoms with E-state index >= 15 is 0 Å². The van der Waals surface area contributed by atoms with E-state index in [-0.39, 0.29) is 5.75 Å². The number of aryl methyl sites for hydroxylation is 2. The number of phenols is 1. The van der Waals surface area contributed by atoms with E-state index < -0.39 is 0 Å². The second-order valence-corrected chi connectivity index (χ2v) is 7.21. The Morgan fingerprint density at radius 1 is 1.19 bits per heavy atom. The summed E-state index contributed by atoms with van der Waals surface area (Å²) in [5.41, 5.74) is 4.77. The van der Waals surface area contributed by atoms with Crippen LogP contribution in [0.15, 0.2) is 36.4 Å². The maximum absolute atomic E-state index is 10.4. The summed E-state index contributed by atoms with van der Waals surface area (Å²) < 4.78 is 5.51. The molecule has 0 spiro atoms. The number of nitrogens with zero attached hydrogens (tertiary/aromatic N) is 1. The molecule has 1 aliphatic rings. The predicted molar refractivity (Wildman–Crippen MR) is 107 cm³/mol. The van der Waals surface area contributed by atoms with Gasteiger partial charge in [0.2, 0.25) is 0 Å². The second kappa shape index (κ2) is 8.45. The SMILES string of the molecule is CCOc1cccc(CN2CCC[C@H](Nc3ccc(C)c(C)c3)C2)c1O. The number of para-hydroxylation sites is 1. The van der Waals surface area contributed by atoms with Crippen molar-refractivity contribution in [2.45, 2.75) is 46.2 Å². The fraction of sp³-hybridized carbons (Fsp3) is 0.455. The number of likely N-dealkylation sites (tertiary alicyclic amines) is 1. The summed E-state index contributed by atoms with van der Waals surface area (Å²) in [4.78, 5) is 2.41. The van der Waals surface area contributed by atoms with Gasteiger partial charge in [-0.2, -0.15) is 0 Å². The van der Waals surface area contributed by atoms with Gasteiger partial charge in [0.15, 0.2) is 11.5 Å². The molecule has 0 saturated carbocycles. The van der Waals surface area contributed by atoms with Crippen molar-refractivity contribution < 1.29 is 9.84 Å². The predicted octanol–water partition coefficient (Wildman–Crippen LogP) is 4.48. The Morgan fingerprint density at radius 3 is 2.81 bits per heavy atom. The van der Waals surface area contributed by atoms with Crippen molar-refractivity contribution in [3.63, 3.8) is 0 Å².